The number of amides is 1. The first-order valence-electron chi connectivity index (χ1n) is 3.66. The molecule has 1 aliphatic rings. The predicted molar refractivity (Wildman–Crippen MR) is 40.0 cm³/mol. The van der Waals surface area contributed by atoms with E-state index in [-0.39, 0.29) is 12.6 Å². The van der Waals surface area contributed by atoms with Gasteiger partial charge >= 0.3 is 6.09 Å². The standard InChI is InChI=1S/C7H11NO4/c1-12-6-2-5(4-9)8(3-6)7(10)11/h4-6H,2-3H2,1H3,(H,10,11). The molecule has 2 unspecified atom stereocenters. The topological polar surface area (TPSA) is 66.8 Å². The van der Waals surface area contributed by atoms with E-state index < -0.39 is 12.1 Å². The molecule has 0 aliphatic carbocycles. The zero-order valence-electron chi connectivity index (χ0n) is 6.77. The minimum absolute atomic E-state index is 0.142. The van der Waals surface area contributed by atoms with E-state index in [2.05, 4.69) is 0 Å². The molecule has 2 atom stereocenters. The summed E-state index contributed by atoms with van der Waals surface area (Å²) in [7, 11) is 1.51. The maximum absolute atomic E-state index is 10.5. The molecule has 0 aromatic carbocycles. The number of carboxylic acid groups (broad SMARTS) is 1. The summed E-state index contributed by atoms with van der Waals surface area (Å²) in [6.07, 6.45) is -0.0950. The monoisotopic (exact) mass is 173 g/mol. The molecule has 1 amide bonds. The summed E-state index contributed by atoms with van der Waals surface area (Å²) in [4.78, 5) is 22.1. The Morgan fingerprint density at radius 1 is 1.75 bits per heavy atom. The quantitative estimate of drug-likeness (QED) is 0.594. The molecule has 1 N–H and O–H groups in total. The van der Waals surface area contributed by atoms with Crippen LogP contribution in [0.15, 0.2) is 0 Å². The minimum Gasteiger partial charge on any atom is -0.465 e. The molecule has 1 fully saturated rings. The molecule has 0 aromatic heterocycles. The molecule has 5 nitrogen and oxygen atoms in total. The largest absolute Gasteiger partial charge is 0.465 e. The van der Waals surface area contributed by atoms with Crippen molar-refractivity contribution >= 4 is 12.4 Å². The van der Waals surface area contributed by atoms with Crippen LogP contribution >= 0.6 is 0 Å². The number of methoxy groups -OCH3 is 1. The minimum atomic E-state index is -1.06. The van der Waals surface area contributed by atoms with Crippen LogP contribution < -0.4 is 0 Å². The number of hydrogen-bond acceptors (Lipinski definition) is 3. The van der Waals surface area contributed by atoms with Crippen LogP contribution in [0.5, 0.6) is 0 Å². The highest BCUT2D eigenvalue weighted by Crippen LogP contribution is 2.18. The van der Waals surface area contributed by atoms with Gasteiger partial charge in [-0.25, -0.2) is 4.79 Å². The Bertz CT molecular complexity index is 194. The fraction of sp³-hybridized carbons (Fsp3) is 0.714. The average Bonchev–Trinajstić information content (AvgIpc) is 2.47. The highest BCUT2D eigenvalue weighted by atomic mass is 16.5. The second-order valence-electron chi connectivity index (χ2n) is 2.73. The lowest BCUT2D eigenvalue weighted by atomic mass is 10.2. The van der Waals surface area contributed by atoms with E-state index in [0.717, 1.165) is 4.90 Å². The van der Waals surface area contributed by atoms with Gasteiger partial charge in [0.15, 0.2) is 0 Å². The molecule has 5 heteroatoms. The van der Waals surface area contributed by atoms with E-state index in [0.29, 0.717) is 12.7 Å². The van der Waals surface area contributed by atoms with Gasteiger partial charge < -0.3 is 14.6 Å². The Kier molecular flexibility index (Phi) is 2.65. The third-order valence-corrected chi connectivity index (χ3v) is 2.04. The number of likely N-dealkylation sites (tertiary alicyclic amines) is 1. The van der Waals surface area contributed by atoms with E-state index in [1.165, 1.54) is 7.11 Å². The lowest BCUT2D eigenvalue weighted by Gasteiger charge is -2.14. The van der Waals surface area contributed by atoms with E-state index >= 15 is 0 Å². The van der Waals surface area contributed by atoms with Crippen molar-refractivity contribution in [3.63, 3.8) is 0 Å². The molecular formula is C7H11NO4. The first kappa shape index (κ1) is 8.99. The highest BCUT2D eigenvalue weighted by molar-refractivity contribution is 5.72. The first-order valence-corrected chi connectivity index (χ1v) is 3.66. The fourth-order valence-electron chi connectivity index (χ4n) is 1.35. The van der Waals surface area contributed by atoms with Crippen LogP contribution in [0.4, 0.5) is 4.79 Å². The molecule has 0 radical (unpaired) electrons. The zero-order valence-corrected chi connectivity index (χ0v) is 6.77. The summed E-state index contributed by atoms with van der Waals surface area (Å²) in [6.45, 7) is 0.287. The van der Waals surface area contributed by atoms with Crippen LogP contribution in [0.2, 0.25) is 0 Å². The van der Waals surface area contributed by atoms with Gasteiger partial charge in [0.2, 0.25) is 0 Å². The van der Waals surface area contributed by atoms with Gasteiger partial charge in [0.05, 0.1) is 18.7 Å². The Morgan fingerprint density at radius 2 is 2.42 bits per heavy atom. The van der Waals surface area contributed by atoms with Gasteiger partial charge in [-0.3, -0.25) is 4.90 Å². The van der Waals surface area contributed by atoms with Crippen LogP contribution in [-0.4, -0.2) is 48.2 Å². The molecule has 1 rings (SSSR count). The fourth-order valence-corrected chi connectivity index (χ4v) is 1.35. The SMILES string of the molecule is COC1CC(C=O)N(C(=O)O)C1. The number of nitrogens with zero attached hydrogens (tertiary/aromatic N) is 1. The Morgan fingerprint density at radius 3 is 2.75 bits per heavy atom. The number of carbonyl (C=O) groups is 2. The van der Waals surface area contributed by atoms with Crippen molar-refractivity contribution in [1.82, 2.24) is 4.90 Å². The number of carbonyl (C=O) groups excluding carboxylic acids is 1. The predicted octanol–water partition coefficient (Wildman–Crippen LogP) is -0.0474. The summed E-state index contributed by atoms with van der Waals surface area (Å²) in [5.74, 6) is 0. The van der Waals surface area contributed by atoms with Crippen LogP contribution in [0.3, 0.4) is 0 Å². The van der Waals surface area contributed by atoms with Gasteiger partial charge in [0.25, 0.3) is 0 Å². The van der Waals surface area contributed by atoms with Gasteiger partial charge in [-0.1, -0.05) is 0 Å². The van der Waals surface area contributed by atoms with Gasteiger partial charge in [-0.15, -0.1) is 0 Å². The van der Waals surface area contributed by atoms with Crippen molar-refractivity contribution in [3.05, 3.63) is 0 Å². The van der Waals surface area contributed by atoms with Crippen LogP contribution in [0.25, 0.3) is 0 Å². The van der Waals surface area contributed by atoms with Crippen molar-refractivity contribution in [2.24, 2.45) is 0 Å². The van der Waals surface area contributed by atoms with Gasteiger partial charge in [-0.05, 0) is 0 Å². The van der Waals surface area contributed by atoms with Crippen molar-refractivity contribution < 1.29 is 19.4 Å². The molecule has 12 heavy (non-hydrogen) atoms. The lowest BCUT2D eigenvalue weighted by molar-refractivity contribution is -0.111. The second-order valence-corrected chi connectivity index (χ2v) is 2.73. The van der Waals surface area contributed by atoms with Crippen LogP contribution in [-0.2, 0) is 9.53 Å². The average molecular weight is 173 g/mol. The Balaban J connectivity index is 2.62. The van der Waals surface area contributed by atoms with Gasteiger partial charge in [0.1, 0.15) is 6.29 Å². The van der Waals surface area contributed by atoms with Gasteiger partial charge in [-0.2, -0.15) is 0 Å². The van der Waals surface area contributed by atoms with E-state index in [4.69, 9.17) is 9.84 Å². The molecule has 0 spiro atoms. The summed E-state index contributed by atoms with van der Waals surface area (Å²) >= 11 is 0. The number of hydrogen-bond donors (Lipinski definition) is 1. The van der Waals surface area contributed by atoms with Crippen molar-refractivity contribution in [2.45, 2.75) is 18.6 Å². The summed E-state index contributed by atoms with van der Waals surface area (Å²) < 4.78 is 4.96. The molecule has 0 aromatic rings. The van der Waals surface area contributed by atoms with Crippen molar-refractivity contribution in [2.75, 3.05) is 13.7 Å². The maximum atomic E-state index is 10.5. The first-order chi connectivity index (χ1) is 5.69. The molecule has 0 saturated carbocycles. The molecule has 1 heterocycles. The summed E-state index contributed by atoms with van der Waals surface area (Å²) in [5.41, 5.74) is 0. The molecule has 1 aliphatic heterocycles. The van der Waals surface area contributed by atoms with Crippen molar-refractivity contribution in [3.8, 4) is 0 Å². The molecular weight excluding hydrogens is 162 g/mol. The molecule has 0 bridgehead atoms. The third kappa shape index (κ3) is 1.55. The summed E-state index contributed by atoms with van der Waals surface area (Å²) in [6, 6.07) is -0.535. The zero-order chi connectivity index (χ0) is 9.14. The van der Waals surface area contributed by atoms with E-state index in [9.17, 15) is 9.59 Å². The smallest absolute Gasteiger partial charge is 0.407 e. The van der Waals surface area contributed by atoms with Crippen LogP contribution in [0.1, 0.15) is 6.42 Å². The Labute approximate surface area is 69.9 Å². The maximum Gasteiger partial charge on any atom is 0.407 e. The highest BCUT2D eigenvalue weighted by Gasteiger charge is 2.34. The van der Waals surface area contributed by atoms with Crippen LogP contribution in [0, 0.1) is 0 Å². The number of aldehydes is 1. The molecule has 68 valence electrons. The van der Waals surface area contributed by atoms with Gasteiger partial charge in [0, 0.05) is 13.5 Å². The molecule has 1 saturated heterocycles. The normalized spacial score (nSPS) is 28.9. The second kappa shape index (κ2) is 3.53. The lowest BCUT2D eigenvalue weighted by Crippen LogP contribution is -2.35. The van der Waals surface area contributed by atoms with E-state index in [1.54, 1.807) is 0 Å². The van der Waals surface area contributed by atoms with E-state index in [1.807, 2.05) is 0 Å². The number of rotatable bonds is 2. The Hall–Kier alpha value is -1.10. The van der Waals surface area contributed by atoms with Crippen molar-refractivity contribution in [1.29, 1.82) is 0 Å². The summed E-state index contributed by atoms with van der Waals surface area (Å²) in [5, 5.41) is 8.64. The number of ether oxygens (including phenoxy) is 1. The third-order valence-electron chi connectivity index (χ3n) is 2.04.